The molecule has 0 radical (unpaired) electrons. The van der Waals surface area contributed by atoms with Gasteiger partial charge in [0.2, 0.25) is 0 Å². The van der Waals surface area contributed by atoms with Gasteiger partial charge in [0.25, 0.3) is 0 Å². The van der Waals surface area contributed by atoms with Crippen LogP contribution in [0.2, 0.25) is 0 Å². The first-order valence-electron chi connectivity index (χ1n) is 6.33. The fraction of sp³-hybridized carbons (Fsp3) is 0.500. The van der Waals surface area contributed by atoms with E-state index < -0.39 is 22.7 Å². The Balaban J connectivity index is 2.44. The zero-order valence-electron chi connectivity index (χ0n) is 11.3. The van der Waals surface area contributed by atoms with Gasteiger partial charge in [-0.3, -0.25) is 9.00 Å². The fourth-order valence-corrected chi connectivity index (χ4v) is 2.20. The van der Waals surface area contributed by atoms with Crippen LogP contribution in [0.25, 0.3) is 0 Å². The summed E-state index contributed by atoms with van der Waals surface area (Å²) in [4.78, 5) is 11.2. The summed E-state index contributed by atoms with van der Waals surface area (Å²) in [5.41, 5.74) is 0.801. The number of rotatable bonds is 8. The molecule has 1 aromatic rings. The maximum Gasteiger partial charge on any atom is 0.312 e. The highest BCUT2D eigenvalue weighted by Gasteiger charge is 2.18. The van der Waals surface area contributed by atoms with Crippen molar-refractivity contribution in [2.24, 2.45) is 0 Å². The van der Waals surface area contributed by atoms with Gasteiger partial charge >= 0.3 is 5.97 Å². The summed E-state index contributed by atoms with van der Waals surface area (Å²) in [5, 5.41) is 12.5. The van der Waals surface area contributed by atoms with Gasteiger partial charge in [0, 0.05) is 28.9 Å². The Morgan fingerprint density at radius 1 is 1.37 bits per heavy atom. The molecule has 4 nitrogen and oxygen atoms in total. The van der Waals surface area contributed by atoms with E-state index >= 15 is 0 Å². The number of benzene rings is 1. The second-order valence-corrected chi connectivity index (χ2v) is 6.41. The minimum atomic E-state index is -0.828. The van der Waals surface area contributed by atoms with Gasteiger partial charge in [-0.15, -0.1) is 0 Å². The van der Waals surface area contributed by atoms with Crippen molar-refractivity contribution in [2.75, 3.05) is 19.3 Å². The number of carboxylic acid groups (broad SMARTS) is 1. The smallest absolute Gasteiger partial charge is 0.312 e. The van der Waals surface area contributed by atoms with Crippen molar-refractivity contribution in [3.05, 3.63) is 35.9 Å². The van der Waals surface area contributed by atoms with E-state index in [1.807, 2.05) is 37.3 Å². The van der Waals surface area contributed by atoms with Gasteiger partial charge in [-0.1, -0.05) is 37.3 Å². The standard InChI is InChI=1S/C14H21NO3S/c1-11(19(2)18)8-9-15-10-13(14(16)17)12-6-4-3-5-7-12/h3-7,11,13,15H,8-10H2,1-2H3,(H,16,17). The zero-order chi connectivity index (χ0) is 14.3. The molecule has 0 spiro atoms. The van der Waals surface area contributed by atoms with Crippen LogP contribution in [0, 0.1) is 0 Å². The maximum absolute atomic E-state index is 11.2. The molecule has 0 aliphatic carbocycles. The summed E-state index contributed by atoms with van der Waals surface area (Å²) in [6.45, 7) is 3.00. The first-order chi connectivity index (χ1) is 9.02. The first kappa shape index (κ1) is 15.9. The monoisotopic (exact) mass is 283 g/mol. The van der Waals surface area contributed by atoms with Crippen LogP contribution in [0.3, 0.4) is 0 Å². The molecule has 0 fully saturated rings. The normalized spacial score (nSPS) is 15.7. The number of nitrogens with one attached hydrogen (secondary N) is 1. The van der Waals surface area contributed by atoms with Crippen molar-refractivity contribution in [3.8, 4) is 0 Å². The lowest BCUT2D eigenvalue weighted by Gasteiger charge is -2.14. The third-order valence-electron chi connectivity index (χ3n) is 3.14. The van der Waals surface area contributed by atoms with Crippen molar-refractivity contribution in [3.63, 3.8) is 0 Å². The summed E-state index contributed by atoms with van der Waals surface area (Å²) in [5.74, 6) is -1.37. The molecule has 5 heteroatoms. The van der Waals surface area contributed by atoms with Crippen molar-refractivity contribution >= 4 is 16.8 Å². The highest BCUT2D eigenvalue weighted by Crippen LogP contribution is 2.14. The maximum atomic E-state index is 11.2. The lowest BCUT2D eigenvalue weighted by Crippen LogP contribution is -2.29. The van der Waals surface area contributed by atoms with E-state index in [0.717, 1.165) is 12.0 Å². The van der Waals surface area contributed by atoms with E-state index in [9.17, 15) is 14.1 Å². The average molecular weight is 283 g/mol. The van der Waals surface area contributed by atoms with Crippen LogP contribution in [0.1, 0.15) is 24.8 Å². The van der Waals surface area contributed by atoms with Crippen LogP contribution in [-0.2, 0) is 15.6 Å². The van der Waals surface area contributed by atoms with Gasteiger partial charge < -0.3 is 10.4 Å². The van der Waals surface area contributed by atoms with Crippen molar-refractivity contribution in [1.82, 2.24) is 5.32 Å². The Morgan fingerprint density at radius 3 is 2.53 bits per heavy atom. The van der Waals surface area contributed by atoms with Crippen LogP contribution in [0.15, 0.2) is 30.3 Å². The highest BCUT2D eigenvalue weighted by molar-refractivity contribution is 7.84. The summed E-state index contributed by atoms with van der Waals surface area (Å²) in [6.07, 6.45) is 2.47. The van der Waals surface area contributed by atoms with Crippen LogP contribution < -0.4 is 5.32 Å². The molecule has 0 heterocycles. The third kappa shape index (κ3) is 5.53. The second kappa shape index (κ2) is 8.07. The zero-order valence-corrected chi connectivity index (χ0v) is 12.2. The molecule has 2 N–H and O–H groups in total. The van der Waals surface area contributed by atoms with Crippen molar-refractivity contribution in [1.29, 1.82) is 0 Å². The molecule has 3 atom stereocenters. The van der Waals surface area contributed by atoms with Crippen LogP contribution >= 0.6 is 0 Å². The Hall–Kier alpha value is -1.20. The van der Waals surface area contributed by atoms with Crippen LogP contribution in [0.5, 0.6) is 0 Å². The Morgan fingerprint density at radius 2 is 2.00 bits per heavy atom. The molecule has 0 aliphatic rings. The van der Waals surface area contributed by atoms with Gasteiger partial charge in [0.1, 0.15) is 0 Å². The van der Waals surface area contributed by atoms with Gasteiger partial charge in [-0.25, -0.2) is 0 Å². The highest BCUT2D eigenvalue weighted by atomic mass is 32.2. The van der Waals surface area contributed by atoms with E-state index in [1.165, 1.54) is 0 Å². The average Bonchev–Trinajstić information content (AvgIpc) is 2.38. The van der Waals surface area contributed by atoms with Crippen molar-refractivity contribution in [2.45, 2.75) is 24.5 Å². The number of carboxylic acids is 1. The molecule has 106 valence electrons. The molecular weight excluding hydrogens is 262 g/mol. The summed E-state index contributed by atoms with van der Waals surface area (Å²) in [7, 11) is -0.826. The summed E-state index contributed by atoms with van der Waals surface area (Å²) < 4.78 is 11.2. The molecule has 3 unspecified atom stereocenters. The molecule has 0 bridgehead atoms. The molecular formula is C14H21NO3S. The molecule has 1 rings (SSSR count). The van der Waals surface area contributed by atoms with Gasteiger partial charge in [-0.05, 0) is 18.5 Å². The van der Waals surface area contributed by atoms with Crippen LogP contribution in [0.4, 0.5) is 0 Å². The molecule has 0 saturated carbocycles. The van der Waals surface area contributed by atoms with E-state index in [2.05, 4.69) is 5.32 Å². The Bertz CT molecular complexity index is 422. The Kier molecular flexibility index (Phi) is 6.73. The largest absolute Gasteiger partial charge is 0.481 e. The van der Waals surface area contributed by atoms with E-state index in [1.54, 1.807) is 6.26 Å². The predicted molar refractivity (Wildman–Crippen MR) is 77.8 cm³/mol. The quantitative estimate of drug-likeness (QED) is 0.711. The predicted octanol–water partition coefficient (Wildman–Crippen LogP) is 1.60. The van der Waals surface area contributed by atoms with E-state index in [0.29, 0.717) is 13.1 Å². The first-order valence-corrected chi connectivity index (χ1v) is 7.95. The van der Waals surface area contributed by atoms with Crippen LogP contribution in [-0.4, -0.2) is 39.9 Å². The summed E-state index contributed by atoms with van der Waals surface area (Å²) in [6, 6.07) is 9.20. The number of hydrogen-bond acceptors (Lipinski definition) is 3. The van der Waals surface area contributed by atoms with Gasteiger partial charge in [0.05, 0.1) is 5.92 Å². The molecule has 19 heavy (non-hydrogen) atoms. The topological polar surface area (TPSA) is 66.4 Å². The van der Waals surface area contributed by atoms with E-state index in [-0.39, 0.29) is 5.25 Å². The molecule has 0 saturated heterocycles. The fourth-order valence-electron chi connectivity index (χ4n) is 1.75. The third-order valence-corrected chi connectivity index (χ3v) is 4.51. The summed E-state index contributed by atoms with van der Waals surface area (Å²) >= 11 is 0. The number of aliphatic carboxylic acids is 1. The van der Waals surface area contributed by atoms with Crippen molar-refractivity contribution < 1.29 is 14.1 Å². The van der Waals surface area contributed by atoms with Gasteiger partial charge in [0.15, 0.2) is 0 Å². The SMILES string of the molecule is CC(CCNCC(C(=O)O)c1ccccc1)S(C)=O. The molecule has 0 aliphatic heterocycles. The Labute approximate surface area is 116 Å². The minimum absolute atomic E-state index is 0.132. The molecule has 0 amide bonds. The molecule has 1 aromatic carbocycles. The lowest BCUT2D eigenvalue weighted by atomic mass is 9.99. The minimum Gasteiger partial charge on any atom is -0.481 e. The van der Waals surface area contributed by atoms with E-state index in [4.69, 9.17) is 0 Å². The number of hydrogen-bond donors (Lipinski definition) is 2. The number of carbonyl (C=O) groups is 1. The lowest BCUT2D eigenvalue weighted by molar-refractivity contribution is -0.138. The molecule has 0 aromatic heterocycles. The van der Waals surface area contributed by atoms with Gasteiger partial charge in [-0.2, -0.15) is 0 Å². The second-order valence-electron chi connectivity index (χ2n) is 4.60.